The molecule has 0 aromatic carbocycles. The second-order valence-corrected chi connectivity index (χ2v) is 6.14. The largest absolute Gasteiger partial charge is 0.382 e. The number of hydrogen-bond acceptors (Lipinski definition) is 4. The van der Waals surface area contributed by atoms with Crippen molar-refractivity contribution in [2.45, 2.75) is 12.8 Å². The van der Waals surface area contributed by atoms with Gasteiger partial charge in [0.1, 0.15) is 0 Å². The zero-order chi connectivity index (χ0) is 15.3. The van der Waals surface area contributed by atoms with Crippen molar-refractivity contribution in [3.8, 4) is 0 Å². The van der Waals surface area contributed by atoms with Crippen molar-refractivity contribution in [3.05, 3.63) is 21.3 Å². The molecular formula is C14H25ClIN3O2S. The number of thiophene rings is 1. The van der Waals surface area contributed by atoms with Crippen molar-refractivity contribution >= 4 is 52.9 Å². The van der Waals surface area contributed by atoms with Gasteiger partial charge in [-0.1, -0.05) is 11.6 Å². The molecule has 1 heterocycles. The van der Waals surface area contributed by atoms with Crippen LogP contribution in [-0.2, 0) is 15.9 Å². The lowest BCUT2D eigenvalue weighted by molar-refractivity contribution is 0.0698. The van der Waals surface area contributed by atoms with Crippen molar-refractivity contribution in [1.29, 1.82) is 0 Å². The Hall–Kier alpha value is -0.0900. The number of nitrogens with zero attached hydrogens (tertiary/aromatic N) is 1. The first-order valence-corrected chi connectivity index (χ1v) is 8.21. The summed E-state index contributed by atoms with van der Waals surface area (Å²) in [4.78, 5) is 5.46. The maximum atomic E-state index is 5.90. The van der Waals surface area contributed by atoms with E-state index in [-0.39, 0.29) is 24.0 Å². The third-order valence-electron chi connectivity index (χ3n) is 2.71. The number of rotatable bonds is 10. The van der Waals surface area contributed by atoms with Gasteiger partial charge in [0.25, 0.3) is 0 Å². The second kappa shape index (κ2) is 14.5. The van der Waals surface area contributed by atoms with Crippen molar-refractivity contribution in [1.82, 2.24) is 10.6 Å². The minimum atomic E-state index is 0. The van der Waals surface area contributed by atoms with E-state index >= 15 is 0 Å². The van der Waals surface area contributed by atoms with Crippen LogP contribution < -0.4 is 10.6 Å². The van der Waals surface area contributed by atoms with Crippen LogP contribution in [-0.4, -0.2) is 53.0 Å². The molecule has 0 bridgehead atoms. The first-order chi connectivity index (χ1) is 10.3. The van der Waals surface area contributed by atoms with Crippen LogP contribution in [0.5, 0.6) is 0 Å². The van der Waals surface area contributed by atoms with E-state index in [1.165, 1.54) is 4.88 Å². The summed E-state index contributed by atoms with van der Waals surface area (Å²) in [6.07, 6.45) is 1.88. The molecule has 0 radical (unpaired) electrons. The molecule has 22 heavy (non-hydrogen) atoms. The zero-order valence-corrected chi connectivity index (χ0v) is 17.0. The van der Waals surface area contributed by atoms with E-state index in [2.05, 4.69) is 21.7 Å². The molecule has 2 N–H and O–H groups in total. The van der Waals surface area contributed by atoms with Gasteiger partial charge in [0.05, 0.1) is 17.6 Å². The Morgan fingerprint density at radius 2 is 2.00 bits per heavy atom. The average molecular weight is 462 g/mol. The first kappa shape index (κ1) is 21.9. The number of methoxy groups -OCH3 is 1. The summed E-state index contributed by atoms with van der Waals surface area (Å²) in [7, 11) is 3.44. The molecule has 0 saturated heterocycles. The van der Waals surface area contributed by atoms with Crippen LogP contribution in [0.3, 0.4) is 0 Å². The van der Waals surface area contributed by atoms with Gasteiger partial charge in [-0.3, -0.25) is 4.99 Å². The molecule has 0 atom stereocenters. The molecule has 0 fully saturated rings. The van der Waals surface area contributed by atoms with Crippen LogP contribution in [0.15, 0.2) is 17.1 Å². The minimum absolute atomic E-state index is 0. The lowest BCUT2D eigenvalue weighted by Crippen LogP contribution is -2.38. The number of ether oxygens (including phenoxy) is 2. The Bertz CT molecular complexity index is 419. The van der Waals surface area contributed by atoms with E-state index in [9.17, 15) is 0 Å². The molecule has 128 valence electrons. The van der Waals surface area contributed by atoms with E-state index in [0.29, 0.717) is 13.2 Å². The van der Waals surface area contributed by atoms with Crippen LogP contribution in [0.25, 0.3) is 0 Å². The highest BCUT2D eigenvalue weighted by atomic mass is 127. The molecule has 0 aliphatic rings. The summed E-state index contributed by atoms with van der Waals surface area (Å²) in [5, 5.41) is 6.54. The lowest BCUT2D eigenvalue weighted by atomic mass is 10.3. The molecule has 8 heteroatoms. The van der Waals surface area contributed by atoms with Gasteiger partial charge >= 0.3 is 0 Å². The molecule has 1 aromatic heterocycles. The monoisotopic (exact) mass is 461 g/mol. The zero-order valence-electron chi connectivity index (χ0n) is 13.1. The van der Waals surface area contributed by atoms with Gasteiger partial charge in [-0.05, 0) is 25.0 Å². The molecule has 0 saturated carbocycles. The molecule has 1 aromatic rings. The van der Waals surface area contributed by atoms with Gasteiger partial charge < -0.3 is 20.1 Å². The van der Waals surface area contributed by atoms with E-state index in [1.54, 1.807) is 25.5 Å². The van der Waals surface area contributed by atoms with Crippen molar-refractivity contribution in [2.24, 2.45) is 4.99 Å². The quantitative estimate of drug-likeness (QED) is 0.243. The van der Waals surface area contributed by atoms with Gasteiger partial charge in [0, 0.05) is 38.7 Å². The summed E-state index contributed by atoms with van der Waals surface area (Å²) in [6.45, 7) is 3.68. The SMILES string of the molecule is CN=C(NCCCOCCOC)NCCc1ccc(Cl)s1.I. The summed E-state index contributed by atoms with van der Waals surface area (Å²) in [6, 6.07) is 3.99. The first-order valence-electron chi connectivity index (χ1n) is 7.01. The van der Waals surface area contributed by atoms with E-state index in [0.717, 1.165) is 42.8 Å². The predicted octanol–water partition coefficient (Wildman–Crippen LogP) is 2.78. The highest BCUT2D eigenvalue weighted by Crippen LogP contribution is 2.21. The maximum Gasteiger partial charge on any atom is 0.190 e. The Balaban J connectivity index is 0.00000441. The molecule has 0 aliphatic carbocycles. The maximum absolute atomic E-state index is 5.90. The van der Waals surface area contributed by atoms with Crippen molar-refractivity contribution < 1.29 is 9.47 Å². The molecule has 1 rings (SSSR count). The Morgan fingerprint density at radius 3 is 2.64 bits per heavy atom. The summed E-state index contributed by atoms with van der Waals surface area (Å²) in [5.41, 5.74) is 0. The molecule has 0 amide bonds. The minimum Gasteiger partial charge on any atom is -0.382 e. The second-order valence-electron chi connectivity index (χ2n) is 4.34. The van der Waals surface area contributed by atoms with Crippen molar-refractivity contribution in [3.63, 3.8) is 0 Å². The van der Waals surface area contributed by atoms with Crippen molar-refractivity contribution in [2.75, 3.05) is 47.1 Å². The van der Waals surface area contributed by atoms with E-state index in [4.69, 9.17) is 21.1 Å². The highest BCUT2D eigenvalue weighted by molar-refractivity contribution is 14.0. The van der Waals surface area contributed by atoms with Gasteiger partial charge in [-0.2, -0.15) is 0 Å². The average Bonchev–Trinajstić information content (AvgIpc) is 2.90. The lowest BCUT2D eigenvalue weighted by Gasteiger charge is -2.11. The van der Waals surface area contributed by atoms with Gasteiger partial charge in [-0.15, -0.1) is 35.3 Å². The Kier molecular flexibility index (Phi) is 14.4. The fourth-order valence-electron chi connectivity index (χ4n) is 1.64. The summed E-state index contributed by atoms with van der Waals surface area (Å²) < 4.78 is 11.1. The van der Waals surface area contributed by atoms with Gasteiger partial charge in [0.2, 0.25) is 0 Å². The molecule has 0 unspecified atom stereocenters. The smallest absolute Gasteiger partial charge is 0.190 e. The van der Waals surface area contributed by atoms with Crippen LogP contribution in [0.2, 0.25) is 4.34 Å². The summed E-state index contributed by atoms with van der Waals surface area (Å²) >= 11 is 7.52. The topological polar surface area (TPSA) is 54.9 Å². The number of aliphatic imine (C=N–C) groups is 1. The van der Waals surface area contributed by atoms with Gasteiger partial charge in [0.15, 0.2) is 5.96 Å². The normalized spacial score (nSPS) is 11.1. The molecule has 0 aliphatic heterocycles. The predicted molar refractivity (Wildman–Crippen MR) is 105 cm³/mol. The molecule has 5 nitrogen and oxygen atoms in total. The molecular weight excluding hydrogens is 437 g/mol. The highest BCUT2D eigenvalue weighted by Gasteiger charge is 2.00. The van der Waals surface area contributed by atoms with Crippen LogP contribution >= 0.6 is 46.9 Å². The van der Waals surface area contributed by atoms with Crippen LogP contribution in [0.4, 0.5) is 0 Å². The number of guanidine groups is 1. The van der Waals surface area contributed by atoms with E-state index in [1.807, 2.05) is 6.07 Å². The number of hydrogen-bond donors (Lipinski definition) is 2. The fraction of sp³-hybridized carbons (Fsp3) is 0.643. The third kappa shape index (κ3) is 10.6. The third-order valence-corrected chi connectivity index (χ3v) is 4.00. The molecule has 0 spiro atoms. The van der Waals surface area contributed by atoms with Gasteiger partial charge in [-0.25, -0.2) is 0 Å². The van der Waals surface area contributed by atoms with E-state index < -0.39 is 0 Å². The Morgan fingerprint density at radius 1 is 1.23 bits per heavy atom. The Labute approximate surface area is 158 Å². The van der Waals surface area contributed by atoms with Crippen LogP contribution in [0.1, 0.15) is 11.3 Å². The fourth-order valence-corrected chi connectivity index (χ4v) is 2.72. The van der Waals surface area contributed by atoms with Crippen LogP contribution in [0, 0.1) is 0 Å². The standard InChI is InChI=1S/C14H24ClN3O2S.HI/c1-16-14(17-7-3-9-20-11-10-19-2)18-8-6-12-4-5-13(15)21-12;/h4-5H,3,6-11H2,1-2H3,(H2,16,17,18);1H. The summed E-state index contributed by atoms with van der Waals surface area (Å²) in [5.74, 6) is 0.814. The number of nitrogens with one attached hydrogen (secondary N) is 2. The number of halogens is 2.